The lowest BCUT2D eigenvalue weighted by Gasteiger charge is -2.10. The van der Waals surface area contributed by atoms with E-state index in [2.05, 4.69) is 19.2 Å². The lowest BCUT2D eigenvalue weighted by atomic mass is 10.1. The van der Waals surface area contributed by atoms with Crippen LogP contribution in [0.1, 0.15) is 33.1 Å². The van der Waals surface area contributed by atoms with E-state index in [0.717, 1.165) is 25.6 Å². The van der Waals surface area contributed by atoms with E-state index >= 15 is 0 Å². The molecule has 1 saturated heterocycles. The van der Waals surface area contributed by atoms with E-state index in [1.54, 1.807) is 0 Å². The highest BCUT2D eigenvalue weighted by Crippen LogP contribution is 2.07. The first kappa shape index (κ1) is 10.0. The van der Waals surface area contributed by atoms with Crippen molar-refractivity contribution in [2.24, 2.45) is 5.92 Å². The van der Waals surface area contributed by atoms with E-state index in [1.165, 1.54) is 19.3 Å². The highest BCUT2D eigenvalue weighted by atomic mass is 16.5. The molecule has 1 rings (SSSR count). The fourth-order valence-electron chi connectivity index (χ4n) is 1.51. The van der Waals surface area contributed by atoms with Gasteiger partial charge in [-0.3, -0.25) is 0 Å². The van der Waals surface area contributed by atoms with Crippen LogP contribution in [0.15, 0.2) is 0 Å². The first-order valence-electron chi connectivity index (χ1n) is 5.11. The van der Waals surface area contributed by atoms with Crippen LogP contribution in [0.2, 0.25) is 0 Å². The van der Waals surface area contributed by atoms with Gasteiger partial charge in [0.2, 0.25) is 0 Å². The molecule has 0 aromatic rings. The van der Waals surface area contributed by atoms with Gasteiger partial charge in [0.25, 0.3) is 0 Å². The molecule has 1 aliphatic rings. The highest BCUT2D eigenvalue weighted by molar-refractivity contribution is 4.70. The molecule has 2 heteroatoms. The van der Waals surface area contributed by atoms with Crippen LogP contribution < -0.4 is 5.32 Å². The van der Waals surface area contributed by atoms with Gasteiger partial charge in [-0.25, -0.2) is 0 Å². The Hall–Kier alpha value is -0.0800. The maximum absolute atomic E-state index is 5.69. The van der Waals surface area contributed by atoms with E-state index in [1.807, 2.05) is 0 Å². The van der Waals surface area contributed by atoms with Gasteiger partial charge in [-0.15, -0.1) is 0 Å². The first-order valence-corrected chi connectivity index (χ1v) is 5.11. The van der Waals surface area contributed by atoms with Crippen LogP contribution in [0.3, 0.4) is 0 Å². The molecule has 72 valence electrons. The maximum Gasteiger partial charge on any atom is 0.0711 e. The molecule has 1 fully saturated rings. The lowest BCUT2D eigenvalue weighted by molar-refractivity contribution is 0.0629. The van der Waals surface area contributed by atoms with Gasteiger partial charge in [0, 0.05) is 13.2 Å². The van der Waals surface area contributed by atoms with Gasteiger partial charge >= 0.3 is 0 Å². The largest absolute Gasteiger partial charge is 0.377 e. The van der Waals surface area contributed by atoms with Gasteiger partial charge in [0.05, 0.1) is 6.10 Å². The Kier molecular flexibility index (Phi) is 4.62. The Morgan fingerprint density at radius 1 is 1.50 bits per heavy atom. The van der Waals surface area contributed by atoms with Crippen LogP contribution in [0.25, 0.3) is 0 Å². The van der Waals surface area contributed by atoms with Crippen molar-refractivity contribution < 1.29 is 4.74 Å². The van der Waals surface area contributed by atoms with Crippen molar-refractivity contribution in [3.63, 3.8) is 0 Å². The summed E-state index contributed by atoms with van der Waals surface area (Å²) in [4.78, 5) is 0. The molecular weight excluding hydrogens is 150 g/mol. The third-order valence-corrected chi connectivity index (χ3v) is 2.29. The quantitative estimate of drug-likeness (QED) is 0.637. The van der Waals surface area contributed by atoms with Gasteiger partial charge < -0.3 is 10.1 Å². The molecule has 1 N–H and O–H groups in total. The summed E-state index contributed by atoms with van der Waals surface area (Å²) in [7, 11) is 0. The van der Waals surface area contributed by atoms with Gasteiger partial charge in [-0.1, -0.05) is 13.8 Å². The van der Waals surface area contributed by atoms with Crippen LogP contribution in [0, 0.1) is 5.92 Å². The summed E-state index contributed by atoms with van der Waals surface area (Å²) in [5, 5.41) is 3.30. The molecule has 0 bridgehead atoms. The zero-order valence-electron chi connectivity index (χ0n) is 8.31. The van der Waals surface area contributed by atoms with Gasteiger partial charge in [-0.05, 0) is 31.7 Å². The molecule has 12 heavy (non-hydrogen) atoms. The van der Waals surface area contributed by atoms with E-state index < -0.39 is 0 Å². The Bertz CT molecular complexity index is 108. The van der Waals surface area contributed by atoms with Crippen LogP contribution in [0.5, 0.6) is 0 Å². The molecule has 0 amide bonds. The smallest absolute Gasteiger partial charge is 0.0711 e. The third kappa shape index (κ3) is 4.07. The standard InChI is InChI=1S/C10H21NO/c1-9(2)4-3-7-12-10-5-6-11-8-10/h9-11H,3-8H2,1-2H3. The summed E-state index contributed by atoms with van der Waals surface area (Å²) in [6, 6.07) is 0. The molecule has 1 aliphatic heterocycles. The minimum absolute atomic E-state index is 0.497. The van der Waals surface area contributed by atoms with Crippen molar-refractivity contribution in [2.45, 2.75) is 39.2 Å². The number of rotatable bonds is 5. The molecular formula is C10H21NO. The molecule has 1 heterocycles. The molecule has 0 aromatic heterocycles. The summed E-state index contributed by atoms with van der Waals surface area (Å²) in [5.41, 5.74) is 0. The minimum atomic E-state index is 0.497. The second kappa shape index (κ2) is 5.55. The van der Waals surface area contributed by atoms with E-state index in [4.69, 9.17) is 4.74 Å². The number of hydrogen-bond acceptors (Lipinski definition) is 2. The number of nitrogens with one attached hydrogen (secondary N) is 1. The van der Waals surface area contributed by atoms with Crippen molar-refractivity contribution in [3.8, 4) is 0 Å². The molecule has 0 saturated carbocycles. The molecule has 0 radical (unpaired) electrons. The Balaban J connectivity index is 1.88. The number of hydrogen-bond donors (Lipinski definition) is 1. The van der Waals surface area contributed by atoms with Crippen LogP contribution in [0.4, 0.5) is 0 Å². The molecule has 0 aliphatic carbocycles. The second-order valence-corrected chi connectivity index (χ2v) is 4.02. The van der Waals surface area contributed by atoms with Gasteiger partial charge in [-0.2, -0.15) is 0 Å². The molecule has 1 unspecified atom stereocenters. The van der Waals surface area contributed by atoms with Crippen LogP contribution in [-0.4, -0.2) is 25.8 Å². The summed E-state index contributed by atoms with van der Waals surface area (Å²) in [6.07, 6.45) is 4.20. The lowest BCUT2D eigenvalue weighted by Crippen LogP contribution is -2.17. The fraction of sp³-hybridized carbons (Fsp3) is 1.00. The van der Waals surface area contributed by atoms with Gasteiger partial charge in [0.15, 0.2) is 0 Å². The molecule has 2 nitrogen and oxygen atoms in total. The summed E-state index contributed by atoms with van der Waals surface area (Å²) in [6.45, 7) is 7.66. The highest BCUT2D eigenvalue weighted by Gasteiger charge is 2.13. The van der Waals surface area contributed by atoms with Crippen molar-refractivity contribution in [3.05, 3.63) is 0 Å². The first-order chi connectivity index (χ1) is 5.79. The van der Waals surface area contributed by atoms with E-state index in [9.17, 15) is 0 Å². The van der Waals surface area contributed by atoms with Crippen molar-refractivity contribution in [1.82, 2.24) is 5.32 Å². The Morgan fingerprint density at radius 3 is 2.92 bits per heavy atom. The molecule has 1 atom stereocenters. The monoisotopic (exact) mass is 171 g/mol. The average Bonchev–Trinajstić information content (AvgIpc) is 2.49. The third-order valence-electron chi connectivity index (χ3n) is 2.29. The van der Waals surface area contributed by atoms with Crippen LogP contribution in [-0.2, 0) is 4.74 Å². The summed E-state index contributed by atoms with van der Waals surface area (Å²) >= 11 is 0. The predicted octanol–water partition coefficient (Wildman–Crippen LogP) is 1.80. The minimum Gasteiger partial charge on any atom is -0.377 e. The SMILES string of the molecule is CC(C)CCCOC1CCNC1. The van der Waals surface area contributed by atoms with Crippen LogP contribution >= 0.6 is 0 Å². The van der Waals surface area contributed by atoms with Crippen molar-refractivity contribution >= 4 is 0 Å². The van der Waals surface area contributed by atoms with Crippen molar-refractivity contribution in [2.75, 3.05) is 19.7 Å². The average molecular weight is 171 g/mol. The van der Waals surface area contributed by atoms with Gasteiger partial charge in [0.1, 0.15) is 0 Å². The van der Waals surface area contributed by atoms with E-state index in [-0.39, 0.29) is 0 Å². The topological polar surface area (TPSA) is 21.3 Å². The predicted molar refractivity (Wildman–Crippen MR) is 51.3 cm³/mol. The Morgan fingerprint density at radius 2 is 2.33 bits per heavy atom. The molecule has 0 spiro atoms. The second-order valence-electron chi connectivity index (χ2n) is 4.02. The summed E-state index contributed by atoms with van der Waals surface area (Å²) in [5.74, 6) is 0.815. The number of ether oxygens (including phenoxy) is 1. The maximum atomic E-state index is 5.69. The molecule has 0 aromatic carbocycles. The summed E-state index contributed by atoms with van der Waals surface area (Å²) < 4.78 is 5.69. The normalized spacial score (nSPS) is 23.8. The van der Waals surface area contributed by atoms with Crippen molar-refractivity contribution in [1.29, 1.82) is 0 Å². The zero-order chi connectivity index (χ0) is 8.81. The van der Waals surface area contributed by atoms with E-state index in [0.29, 0.717) is 6.10 Å². The Labute approximate surface area is 75.7 Å². The zero-order valence-corrected chi connectivity index (χ0v) is 8.31. The fourth-order valence-corrected chi connectivity index (χ4v) is 1.51.